The van der Waals surface area contributed by atoms with Gasteiger partial charge in [-0.05, 0) is 39.7 Å². The van der Waals surface area contributed by atoms with Gasteiger partial charge in [-0.15, -0.1) is 0 Å². The molecule has 0 aliphatic carbocycles. The molecule has 2 aromatic carbocycles. The number of nitrogens with one attached hydrogen (secondary N) is 1. The highest BCUT2D eigenvalue weighted by Crippen LogP contribution is 2.42. The Balaban J connectivity index is 2.22. The van der Waals surface area contributed by atoms with Crippen LogP contribution in [0.5, 0.6) is 0 Å². The van der Waals surface area contributed by atoms with Crippen molar-refractivity contribution in [2.75, 3.05) is 13.2 Å². The van der Waals surface area contributed by atoms with E-state index in [0.29, 0.717) is 36.1 Å². The molecule has 0 radical (unpaired) electrons. The highest BCUT2D eigenvalue weighted by molar-refractivity contribution is 6.77. The fraction of sp³-hybridized carbons (Fsp3) is 0.519. The Morgan fingerprint density at radius 1 is 0.875 bits per heavy atom. The van der Waals surface area contributed by atoms with Gasteiger partial charge in [-0.1, -0.05) is 96.1 Å². The normalized spacial score (nSPS) is 13.1. The third-order valence-corrected chi connectivity index (χ3v) is 12.7. The van der Waals surface area contributed by atoms with Crippen molar-refractivity contribution in [1.82, 2.24) is 5.32 Å². The number of carbonyl (C=O) groups excluding carboxylic acids is 1. The van der Waals surface area contributed by atoms with Gasteiger partial charge < -0.3 is 14.8 Å². The summed E-state index contributed by atoms with van der Waals surface area (Å²) in [4.78, 5) is 13.1. The van der Waals surface area contributed by atoms with E-state index < -0.39 is 8.32 Å². The largest absolute Gasteiger partial charge is 0.414 e. The Morgan fingerprint density at radius 3 is 1.94 bits per heavy atom. The molecule has 0 saturated carbocycles. The summed E-state index contributed by atoms with van der Waals surface area (Å²) < 4.78 is 6.84. The van der Waals surface area contributed by atoms with Gasteiger partial charge in [-0.3, -0.25) is 4.79 Å². The summed E-state index contributed by atoms with van der Waals surface area (Å²) >= 11 is 0. The fourth-order valence-corrected chi connectivity index (χ4v) is 10.6. The van der Waals surface area contributed by atoms with E-state index in [0.717, 1.165) is 16.7 Å². The summed E-state index contributed by atoms with van der Waals surface area (Å²) in [5.41, 5.74) is 4.49. The summed E-state index contributed by atoms with van der Waals surface area (Å²) in [6, 6.07) is 17.7. The Hall–Kier alpha value is -1.95. The molecule has 1 amide bonds. The van der Waals surface area contributed by atoms with Crippen LogP contribution in [0.2, 0.25) is 16.6 Å². The van der Waals surface area contributed by atoms with Crippen LogP contribution in [0.4, 0.5) is 0 Å². The van der Waals surface area contributed by atoms with Crippen LogP contribution in [0.3, 0.4) is 0 Å². The van der Waals surface area contributed by atoms with Crippen LogP contribution in [0.1, 0.15) is 64.3 Å². The zero-order valence-corrected chi connectivity index (χ0v) is 21.6. The van der Waals surface area contributed by atoms with Crippen molar-refractivity contribution >= 4 is 14.2 Å². The first-order chi connectivity index (χ1) is 15.2. The molecule has 0 saturated heterocycles. The summed E-state index contributed by atoms with van der Waals surface area (Å²) in [5, 5.41) is 12.6. The highest BCUT2D eigenvalue weighted by Gasteiger charge is 2.45. The van der Waals surface area contributed by atoms with Crippen molar-refractivity contribution in [2.45, 2.75) is 77.0 Å². The van der Waals surface area contributed by atoms with Crippen molar-refractivity contribution in [1.29, 1.82) is 0 Å². The van der Waals surface area contributed by atoms with Crippen LogP contribution in [-0.2, 0) is 22.1 Å². The molecule has 0 heterocycles. The number of carbonyl (C=O) groups is 1. The van der Waals surface area contributed by atoms with Gasteiger partial charge in [0.2, 0.25) is 5.91 Å². The topological polar surface area (TPSA) is 58.6 Å². The van der Waals surface area contributed by atoms with Gasteiger partial charge in [0.1, 0.15) is 0 Å². The van der Waals surface area contributed by atoms with Gasteiger partial charge in [-0.2, -0.15) is 0 Å². The lowest BCUT2D eigenvalue weighted by Crippen LogP contribution is -2.49. The molecule has 0 aliphatic heterocycles. The maximum atomic E-state index is 13.1. The van der Waals surface area contributed by atoms with E-state index in [4.69, 9.17) is 4.43 Å². The van der Waals surface area contributed by atoms with Gasteiger partial charge >= 0.3 is 0 Å². The minimum Gasteiger partial charge on any atom is -0.414 e. The van der Waals surface area contributed by atoms with Gasteiger partial charge in [-0.25, -0.2) is 0 Å². The van der Waals surface area contributed by atoms with Gasteiger partial charge in [0, 0.05) is 6.61 Å². The van der Waals surface area contributed by atoms with Crippen LogP contribution in [0.15, 0.2) is 54.6 Å². The predicted molar refractivity (Wildman–Crippen MR) is 135 cm³/mol. The van der Waals surface area contributed by atoms with Crippen molar-refractivity contribution in [3.8, 4) is 0 Å². The molecule has 5 heteroatoms. The molecule has 0 fully saturated rings. The molecule has 0 bridgehead atoms. The fourth-order valence-electron chi connectivity index (χ4n) is 5.15. The number of aliphatic hydroxyl groups is 1. The molecule has 32 heavy (non-hydrogen) atoms. The second-order valence-electron chi connectivity index (χ2n) is 9.58. The number of benzene rings is 2. The molecule has 176 valence electrons. The van der Waals surface area contributed by atoms with E-state index in [1.165, 1.54) is 0 Å². The molecule has 0 spiro atoms. The lowest BCUT2D eigenvalue weighted by atomic mass is 10.0. The molecule has 0 unspecified atom stereocenters. The predicted octanol–water partition coefficient (Wildman–Crippen LogP) is 5.81. The summed E-state index contributed by atoms with van der Waals surface area (Å²) in [6.45, 7) is 14.2. The maximum Gasteiger partial charge on any atom is 0.224 e. The molecular formula is C27H41NO3Si. The second kappa shape index (κ2) is 12.3. The summed E-state index contributed by atoms with van der Waals surface area (Å²) in [5.74, 6) is -0.0289. The zero-order chi connectivity index (χ0) is 23.7. The zero-order valence-electron chi connectivity index (χ0n) is 20.6. The van der Waals surface area contributed by atoms with Crippen molar-refractivity contribution in [2.24, 2.45) is 0 Å². The first-order valence-electron chi connectivity index (χ1n) is 11.9. The Bertz CT molecular complexity index is 814. The van der Waals surface area contributed by atoms with E-state index in [1.54, 1.807) is 0 Å². The smallest absolute Gasteiger partial charge is 0.224 e. The summed E-state index contributed by atoms with van der Waals surface area (Å²) in [7, 11) is -2.05. The summed E-state index contributed by atoms with van der Waals surface area (Å²) in [6.07, 6.45) is 0.848. The van der Waals surface area contributed by atoms with Gasteiger partial charge in [0.15, 0.2) is 8.32 Å². The average molecular weight is 456 g/mol. The van der Waals surface area contributed by atoms with Crippen molar-refractivity contribution in [3.63, 3.8) is 0 Å². The van der Waals surface area contributed by atoms with Crippen LogP contribution in [-0.4, -0.2) is 32.5 Å². The molecule has 0 aromatic heterocycles. The molecule has 1 atom stereocenters. The molecule has 0 aliphatic rings. The minimum atomic E-state index is -2.05. The Kier molecular flexibility index (Phi) is 10.1. The minimum absolute atomic E-state index is 0.0289. The number of aliphatic hydroxyl groups excluding tert-OH is 1. The van der Waals surface area contributed by atoms with E-state index in [1.807, 2.05) is 42.5 Å². The van der Waals surface area contributed by atoms with E-state index >= 15 is 0 Å². The Labute approximate surface area is 195 Å². The number of hydrogen-bond acceptors (Lipinski definition) is 3. The molecule has 4 nitrogen and oxygen atoms in total. The maximum absolute atomic E-state index is 13.1. The highest BCUT2D eigenvalue weighted by atomic mass is 28.4. The lowest BCUT2D eigenvalue weighted by molar-refractivity contribution is -0.121. The number of hydrogen-bond donors (Lipinski definition) is 2. The standard InChI is InChI=1S/C27H41NO3Si/c1-20(2)32(21(3)4,22(5)6)31-19-26(24-13-8-7-9-14-24)28-27(30)18-25-15-11-10-12-23(25)16-17-29/h7-15,20-22,26,29H,16-19H2,1-6H3,(H,28,30)/t26-/m1/s1. The van der Waals surface area contributed by atoms with E-state index in [9.17, 15) is 9.90 Å². The van der Waals surface area contributed by atoms with E-state index in [-0.39, 0.29) is 18.6 Å². The molecule has 2 aromatic rings. The van der Waals surface area contributed by atoms with Crippen molar-refractivity contribution < 1.29 is 14.3 Å². The van der Waals surface area contributed by atoms with Gasteiger partial charge in [0.25, 0.3) is 0 Å². The third-order valence-electron chi connectivity index (χ3n) is 6.59. The number of amides is 1. The monoisotopic (exact) mass is 455 g/mol. The van der Waals surface area contributed by atoms with Crippen molar-refractivity contribution in [3.05, 3.63) is 71.3 Å². The average Bonchev–Trinajstić information content (AvgIpc) is 2.74. The first kappa shape index (κ1) is 26.3. The SMILES string of the molecule is CC(C)[Si](OC[C@@H](NC(=O)Cc1ccccc1CCO)c1ccccc1)(C(C)C)C(C)C. The Morgan fingerprint density at radius 2 is 1.41 bits per heavy atom. The molecular weight excluding hydrogens is 414 g/mol. The van der Waals surface area contributed by atoms with Crippen LogP contribution < -0.4 is 5.32 Å². The molecule has 2 rings (SSSR count). The third kappa shape index (κ3) is 6.53. The number of rotatable bonds is 12. The first-order valence-corrected chi connectivity index (χ1v) is 14.0. The van der Waals surface area contributed by atoms with Crippen LogP contribution >= 0.6 is 0 Å². The quantitative estimate of drug-likeness (QED) is 0.397. The molecule has 2 N–H and O–H groups in total. The second-order valence-corrected chi connectivity index (χ2v) is 15.0. The van der Waals surface area contributed by atoms with Crippen LogP contribution in [0.25, 0.3) is 0 Å². The van der Waals surface area contributed by atoms with Crippen LogP contribution in [0, 0.1) is 0 Å². The lowest BCUT2D eigenvalue weighted by Gasteiger charge is -2.43. The van der Waals surface area contributed by atoms with Gasteiger partial charge in [0.05, 0.1) is 19.1 Å². The van der Waals surface area contributed by atoms with E-state index in [2.05, 4.69) is 59.0 Å².